The van der Waals surface area contributed by atoms with E-state index >= 15 is 0 Å². The highest BCUT2D eigenvalue weighted by Crippen LogP contribution is 2.21. The number of oxazole rings is 1. The summed E-state index contributed by atoms with van der Waals surface area (Å²) < 4.78 is 10.8. The van der Waals surface area contributed by atoms with Crippen LogP contribution in [0.15, 0.2) is 46.9 Å². The van der Waals surface area contributed by atoms with E-state index in [1.54, 1.807) is 13.2 Å². The van der Waals surface area contributed by atoms with Gasteiger partial charge in [-0.25, -0.2) is 4.98 Å². The number of benzene rings is 2. The third kappa shape index (κ3) is 2.38. The normalized spacial score (nSPS) is 10.8. The van der Waals surface area contributed by atoms with Crippen LogP contribution in [0.3, 0.4) is 0 Å². The molecule has 3 aromatic rings. The Bertz CT molecular complexity index is 702. The van der Waals surface area contributed by atoms with Crippen molar-refractivity contribution >= 4 is 16.8 Å². The Morgan fingerprint density at radius 1 is 1.16 bits per heavy atom. The zero-order valence-corrected chi connectivity index (χ0v) is 10.6. The third-order valence-corrected chi connectivity index (χ3v) is 2.97. The lowest BCUT2D eigenvalue weighted by atomic mass is 10.1. The van der Waals surface area contributed by atoms with E-state index < -0.39 is 0 Å². The minimum atomic E-state index is 0.651. The lowest BCUT2D eigenvalue weighted by Crippen LogP contribution is -1.88. The second kappa shape index (κ2) is 4.65. The predicted molar refractivity (Wildman–Crippen MR) is 74.2 cm³/mol. The first-order valence-electron chi connectivity index (χ1n) is 6.02. The first-order valence-corrected chi connectivity index (χ1v) is 6.02. The van der Waals surface area contributed by atoms with E-state index in [-0.39, 0.29) is 0 Å². The van der Waals surface area contributed by atoms with Crippen molar-refractivity contribution in [1.29, 1.82) is 0 Å². The SMILES string of the molecule is COc1ccc(Cc2nc3ccc(N)cc3o2)cc1. The summed E-state index contributed by atoms with van der Waals surface area (Å²) in [6, 6.07) is 13.3. The van der Waals surface area contributed by atoms with Gasteiger partial charge in [0, 0.05) is 18.2 Å². The fourth-order valence-corrected chi connectivity index (χ4v) is 1.98. The van der Waals surface area contributed by atoms with Gasteiger partial charge in [-0.2, -0.15) is 0 Å². The number of methoxy groups -OCH3 is 1. The van der Waals surface area contributed by atoms with Crippen molar-refractivity contribution < 1.29 is 9.15 Å². The zero-order chi connectivity index (χ0) is 13.2. The Balaban J connectivity index is 1.87. The van der Waals surface area contributed by atoms with E-state index in [9.17, 15) is 0 Å². The van der Waals surface area contributed by atoms with E-state index in [2.05, 4.69) is 4.98 Å². The maximum atomic E-state index is 5.72. The smallest absolute Gasteiger partial charge is 0.199 e. The first-order chi connectivity index (χ1) is 9.24. The van der Waals surface area contributed by atoms with Crippen LogP contribution in [0.25, 0.3) is 11.1 Å². The van der Waals surface area contributed by atoms with Crippen molar-refractivity contribution in [2.75, 3.05) is 12.8 Å². The Kier molecular flexibility index (Phi) is 2.83. The van der Waals surface area contributed by atoms with Gasteiger partial charge in [0.05, 0.1) is 7.11 Å². The second-order valence-corrected chi connectivity index (χ2v) is 4.36. The van der Waals surface area contributed by atoms with Gasteiger partial charge in [-0.1, -0.05) is 12.1 Å². The first kappa shape index (κ1) is 11.6. The molecule has 1 heterocycles. The number of hydrogen-bond donors (Lipinski definition) is 1. The number of nitrogens with zero attached hydrogens (tertiary/aromatic N) is 1. The fraction of sp³-hybridized carbons (Fsp3) is 0.133. The largest absolute Gasteiger partial charge is 0.497 e. The van der Waals surface area contributed by atoms with Gasteiger partial charge in [-0.05, 0) is 29.8 Å². The van der Waals surface area contributed by atoms with Crippen molar-refractivity contribution in [2.24, 2.45) is 0 Å². The molecule has 0 bridgehead atoms. The van der Waals surface area contributed by atoms with Crippen LogP contribution in [0.5, 0.6) is 5.75 Å². The average molecular weight is 254 g/mol. The van der Waals surface area contributed by atoms with Gasteiger partial charge in [0.15, 0.2) is 11.5 Å². The minimum absolute atomic E-state index is 0.651. The van der Waals surface area contributed by atoms with Gasteiger partial charge >= 0.3 is 0 Å². The van der Waals surface area contributed by atoms with E-state index in [4.69, 9.17) is 14.9 Å². The molecule has 0 amide bonds. The third-order valence-electron chi connectivity index (χ3n) is 2.97. The summed E-state index contributed by atoms with van der Waals surface area (Å²) >= 11 is 0. The van der Waals surface area contributed by atoms with Crippen molar-refractivity contribution in [3.63, 3.8) is 0 Å². The van der Waals surface area contributed by atoms with Gasteiger partial charge in [0.2, 0.25) is 0 Å². The van der Waals surface area contributed by atoms with Gasteiger partial charge in [0.1, 0.15) is 11.3 Å². The topological polar surface area (TPSA) is 61.3 Å². The summed E-state index contributed by atoms with van der Waals surface area (Å²) in [6.07, 6.45) is 0.651. The molecule has 0 saturated carbocycles. The molecule has 2 N–H and O–H groups in total. The Hall–Kier alpha value is -2.49. The van der Waals surface area contributed by atoms with Crippen LogP contribution >= 0.6 is 0 Å². The molecule has 4 nitrogen and oxygen atoms in total. The molecule has 2 aromatic carbocycles. The highest BCUT2D eigenvalue weighted by Gasteiger charge is 2.07. The molecule has 4 heteroatoms. The molecule has 19 heavy (non-hydrogen) atoms. The van der Waals surface area contributed by atoms with Crippen molar-refractivity contribution in [1.82, 2.24) is 4.98 Å². The standard InChI is InChI=1S/C15H14N2O2/c1-18-12-5-2-10(3-6-12)8-15-17-13-7-4-11(16)9-14(13)19-15/h2-7,9H,8,16H2,1H3. The van der Waals surface area contributed by atoms with Crippen LogP contribution in [0, 0.1) is 0 Å². The second-order valence-electron chi connectivity index (χ2n) is 4.36. The molecule has 0 spiro atoms. The molecular weight excluding hydrogens is 240 g/mol. The summed E-state index contributed by atoms with van der Waals surface area (Å²) in [7, 11) is 1.65. The van der Waals surface area contributed by atoms with Crippen molar-refractivity contribution in [3.8, 4) is 5.75 Å². The predicted octanol–water partition coefficient (Wildman–Crippen LogP) is 3.01. The Morgan fingerprint density at radius 2 is 1.95 bits per heavy atom. The van der Waals surface area contributed by atoms with Crippen molar-refractivity contribution in [2.45, 2.75) is 6.42 Å². The molecule has 96 valence electrons. The number of rotatable bonds is 3. The molecule has 0 atom stereocenters. The highest BCUT2D eigenvalue weighted by atomic mass is 16.5. The molecule has 0 fully saturated rings. The van der Waals surface area contributed by atoms with E-state index in [1.807, 2.05) is 36.4 Å². The van der Waals surface area contributed by atoms with Crippen LogP contribution in [0.2, 0.25) is 0 Å². The lowest BCUT2D eigenvalue weighted by Gasteiger charge is -2.00. The molecule has 0 saturated heterocycles. The molecule has 0 radical (unpaired) electrons. The molecule has 1 aromatic heterocycles. The molecular formula is C15H14N2O2. The van der Waals surface area contributed by atoms with Crippen LogP contribution in [0.4, 0.5) is 5.69 Å². The van der Waals surface area contributed by atoms with Gasteiger partial charge < -0.3 is 14.9 Å². The highest BCUT2D eigenvalue weighted by molar-refractivity contribution is 5.76. The van der Waals surface area contributed by atoms with Gasteiger partial charge in [-0.15, -0.1) is 0 Å². The maximum Gasteiger partial charge on any atom is 0.199 e. The van der Waals surface area contributed by atoms with Crippen molar-refractivity contribution in [3.05, 3.63) is 53.9 Å². The quantitative estimate of drug-likeness (QED) is 0.730. The van der Waals surface area contributed by atoms with E-state index in [1.165, 1.54) is 0 Å². The summed E-state index contributed by atoms with van der Waals surface area (Å²) in [5.74, 6) is 1.53. The summed E-state index contributed by atoms with van der Waals surface area (Å²) in [6.45, 7) is 0. The number of fused-ring (bicyclic) bond motifs is 1. The number of aromatic nitrogens is 1. The van der Waals surface area contributed by atoms with Crippen LogP contribution in [-0.4, -0.2) is 12.1 Å². The molecule has 0 aliphatic heterocycles. The number of nitrogen functional groups attached to an aromatic ring is 1. The molecule has 3 rings (SSSR count). The summed E-state index contributed by atoms with van der Waals surface area (Å²) in [5.41, 5.74) is 9.08. The van der Waals surface area contributed by atoms with Gasteiger partial charge in [0.25, 0.3) is 0 Å². The number of nitrogens with two attached hydrogens (primary N) is 1. The van der Waals surface area contributed by atoms with Crippen LogP contribution < -0.4 is 10.5 Å². The van der Waals surface area contributed by atoms with E-state index in [0.29, 0.717) is 18.0 Å². The monoisotopic (exact) mass is 254 g/mol. The number of anilines is 1. The molecule has 0 aliphatic rings. The number of hydrogen-bond acceptors (Lipinski definition) is 4. The fourth-order valence-electron chi connectivity index (χ4n) is 1.98. The maximum absolute atomic E-state index is 5.72. The molecule has 0 unspecified atom stereocenters. The minimum Gasteiger partial charge on any atom is -0.497 e. The Morgan fingerprint density at radius 3 is 2.68 bits per heavy atom. The van der Waals surface area contributed by atoms with Crippen LogP contribution in [0.1, 0.15) is 11.5 Å². The van der Waals surface area contributed by atoms with Crippen LogP contribution in [-0.2, 0) is 6.42 Å². The average Bonchev–Trinajstić information content (AvgIpc) is 2.81. The molecule has 0 aliphatic carbocycles. The number of ether oxygens (including phenoxy) is 1. The summed E-state index contributed by atoms with van der Waals surface area (Å²) in [5, 5.41) is 0. The Labute approximate surface area is 110 Å². The lowest BCUT2D eigenvalue weighted by molar-refractivity contribution is 0.414. The zero-order valence-electron chi connectivity index (χ0n) is 10.6. The summed E-state index contributed by atoms with van der Waals surface area (Å²) in [4.78, 5) is 4.44. The van der Waals surface area contributed by atoms with E-state index in [0.717, 1.165) is 22.4 Å². The van der Waals surface area contributed by atoms with Gasteiger partial charge in [-0.3, -0.25) is 0 Å².